The highest BCUT2D eigenvalue weighted by atomic mass is 19.1. The molecule has 0 amide bonds. The van der Waals surface area contributed by atoms with Crippen LogP contribution in [0.5, 0.6) is 5.75 Å². The van der Waals surface area contributed by atoms with Crippen LogP contribution in [0.25, 0.3) is 11.1 Å². The van der Waals surface area contributed by atoms with Gasteiger partial charge in [-0.15, -0.1) is 0 Å². The Kier molecular flexibility index (Phi) is 5.68. The minimum absolute atomic E-state index is 0.0141. The molecule has 166 valence electrons. The smallest absolute Gasteiger partial charge is 0.134 e. The lowest BCUT2D eigenvalue weighted by atomic mass is 9.77. The van der Waals surface area contributed by atoms with Crippen LogP contribution < -0.4 is 5.32 Å². The number of phenols is 1. The van der Waals surface area contributed by atoms with Crippen molar-refractivity contribution in [2.24, 2.45) is 0 Å². The van der Waals surface area contributed by atoms with Crippen LogP contribution in [0.15, 0.2) is 48.5 Å². The van der Waals surface area contributed by atoms with Crippen molar-refractivity contribution in [3.63, 3.8) is 0 Å². The van der Waals surface area contributed by atoms with Gasteiger partial charge >= 0.3 is 0 Å². The Morgan fingerprint density at radius 1 is 0.781 bits per heavy atom. The Balaban J connectivity index is 1.55. The second kappa shape index (κ2) is 8.62. The minimum Gasteiger partial charge on any atom is -0.508 e. The summed E-state index contributed by atoms with van der Waals surface area (Å²) in [5.41, 5.74) is 3.82. The standard InChI is InChI=1S/C27H26F3NO/c28-21-5-3-16(4-6-21)18-1-2-19-11-22(32)15-24(23(19)12-18)27-25(29)13-20(14-26(27)30)17-7-9-31-10-8-17/h3-6,11,13-15,17-18,31-32H,1-2,7-10,12H2/t18-/m0/s1. The molecule has 1 saturated heterocycles. The van der Waals surface area contributed by atoms with E-state index in [1.54, 1.807) is 18.2 Å². The van der Waals surface area contributed by atoms with Gasteiger partial charge in [0.05, 0.1) is 5.56 Å². The molecule has 3 aromatic carbocycles. The third kappa shape index (κ3) is 4.02. The predicted molar refractivity (Wildman–Crippen MR) is 119 cm³/mol. The Morgan fingerprint density at radius 3 is 2.16 bits per heavy atom. The number of benzene rings is 3. The van der Waals surface area contributed by atoms with Gasteiger partial charge in [-0.05, 0) is 121 Å². The number of phenolic OH excluding ortho intramolecular Hbond substituents is 1. The van der Waals surface area contributed by atoms with Gasteiger partial charge in [-0.2, -0.15) is 0 Å². The molecular weight excluding hydrogens is 411 g/mol. The van der Waals surface area contributed by atoms with Crippen LogP contribution in [0.2, 0.25) is 0 Å². The average Bonchev–Trinajstić information content (AvgIpc) is 2.79. The number of hydrogen-bond donors (Lipinski definition) is 2. The van der Waals surface area contributed by atoms with Gasteiger partial charge in [0, 0.05) is 0 Å². The summed E-state index contributed by atoms with van der Waals surface area (Å²) < 4.78 is 44.0. The lowest BCUT2D eigenvalue weighted by molar-refractivity contribution is 0.456. The number of piperidine rings is 1. The molecule has 0 radical (unpaired) electrons. The molecule has 3 aromatic rings. The van der Waals surface area contributed by atoms with Gasteiger partial charge in [0.15, 0.2) is 0 Å². The van der Waals surface area contributed by atoms with E-state index in [0.717, 1.165) is 49.0 Å². The van der Waals surface area contributed by atoms with Crippen LogP contribution in [0, 0.1) is 17.5 Å². The van der Waals surface area contributed by atoms with E-state index in [4.69, 9.17) is 0 Å². The maximum Gasteiger partial charge on any atom is 0.134 e. The Hall–Kier alpha value is -2.79. The number of fused-ring (bicyclic) bond motifs is 1. The zero-order valence-corrected chi connectivity index (χ0v) is 17.8. The first-order valence-corrected chi connectivity index (χ1v) is 11.3. The highest BCUT2D eigenvalue weighted by Gasteiger charge is 2.27. The van der Waals surface area contributed by atoms with E-state index in [2.05, 4.69) is 5.32 Å². The zero-order chi connectivity index (χ0) is 22.2. The van der Waals surface area contributed by atoms with Crippen molar-refractivity contribution < 1.29 is 18.3 Å². The largest absolute Gasteiger partial charge is 0.508 e. The summed E-state index contributed by atoms with van der Waals surface area (Å²) in [7, 11) is 0. The molecule has 1 atom stereocenters. The maximum absolute atomic E-state index is 15.3. The Labute approximate surface area is 186 Å². The summed E-state index contributed by atoms with van der Waals surface area (Å²) in [6.07, 6.45) is 3.83. The predicted octanol–water partition coefficient (Wildman–Crippen LogP) is 6.22. The van der Waals surface area contributed by atoms with E-state index in [9.17, 15) is 9.50 Å². The summed E-state index contributed by atoms with van der Waals surface area (Å²) in [5, 5.41) is 13.6. The number of aryl methyl sites for hydroxylation is 1. The van der Waals surface area contributed by atoms with Gasteiger partial charge in [-0.3, -0.25) is 0 Å². The molecule has 1 aliphatic carbocycles. The first-order valence-electron chi connectivity index (χ1n) is 11.3. The third-order valence-corrected chi connectivity index (χ3v) is 7.03. The van der Waals surface area contributed by atoms with Crippen LogP contribution in [-0.4, -0.2) is 18.2 Å². The van der Waals surface area contributed by atoms with Gasteiger partial charge in [-0.1, -0.05) is 12.1 Å². The first kappa shape index (κ1) is 21.1. The van der Waals surface area contributed by atoms with Gasteiger partial charge < -0.3 is 10.4 Å². The number of aromatic hydroxyl groups is 1. The summed E-state index contributed by atoms with van der Waals surface area (Å²) in [6, 6.07) is 12.5. The van der Waals surface area contributed by atoms with Crippen molar-refractivity contribution in [3.05, 3.63) is 88.2 Å². The van der Waals surface area contributed by atoms with Crippen LogP contribution in [0.4, 0.5) is 13.2 Å². The summed E-state index contributed by atoms with van der Waals surface area (Å²) in [4.78, 5) is 0. The molecule has 2 aliphatic rings. The van der Waals surface area contributed by atoms with Crippen LogP contribution >= 0.6 is 0 Å². The zero-order valence-electron chi connectivity index (χ0n) is 17.8. The highest BCUT2D eigenvalue weighted by molar-refractivity contribution is 5.73. The quantitative estimate of drug-likeness (QED) is 0.510. The summed E-state index contributed by atoms with van der Waals surface area (Å²) in [5.74, 6) is -1.17. The minimum atomic E-state index is -0.588. The number of hydrogen-bond acceptors (Lipinski definition) is 2. The molecule has 2 nitrogen and oxygen atoms in total. The third-order valence-electron chi connectivity index (χ3n) is 7.03. The second-order valence-corrected chi connectivity index (χ2v) is 9.01. The van der Waals surface area contributed by atoms with Crippen molar-refractivity contribution >= 4 is 0 Å². The molecule has 1 aliphatic heterocycles. The molecule has 5 heteroatoms. The molecule has 32 heavy (non-hydrogen) atoms. The lowest BCUT2D eigenvalue weighted by Gasteiger charge is -2.28. The summed E-state index contributed by atoms with van der Waals surface area (Å²) >= 11 is 0. The Morgan fingerprint density at radius 2 is 1.47 bits per heavy atom. The molecule has 5 rings (SSSR count). The van der Waals surface area contributed by atoms with Crippen molar-refractivity contribution in [2.75, 3.05) is 13.1 Å². The topological polar surface area (TPSA) is 32.3 Å². The van der Waals surface area contributed by atoms with Gasteiger partial charge in [0.1, 0.15) is 23.2 Å². The fourth-order valence-electron chi connectivity index (χ4n) is 5.34. The molecular formula is C27H26F3NO. The van der Waals surface area contributed by atoms with Crippen molar-refractivity contribution in [1.82, 2.24) is 5.32 Å². The second-order valence-electron chi connectivity index (χ2n) is 9.01. The molecule has 0 saturated carbocycles. The van der Waals surface area contributed by atoms with E-state index in [1.807, 2.05) is 0 Å². The molecule has 1 fully saturated rings. The molecule has 1 heterocycles. The fourth-order valence-corrected chi connectivity index (χ4v) is 5.34. The summed E-state index contributed by atoms with van der Waals surface area (Å²) in [6.45, 7) is 1.70. The lowest BCUT2D eigenvalue weighted by Crippen LogP contribution is -2.26. The number of rotatable bonds is 3. The van der Waals surface area contributed by atoms with E-state index < -0.39 is 11.6 Å². The number of halogens is 3. The van der Waals surface area contributed by atoms with Crippen molar-refractivity contribution in [3.8, 4) is 16.9 Å². The van der Waals surface area contributed by atoms with E-state index in [0.29, 0.717) is 24.0 Å². The molecule has 2 N–H and O–H groups in total. The Bertz CT molecular complexity index is 1110. The molecule has 0 spiro atoms. The van der Waals surface area contributed by atoms with E-state index in [-0.39, 0.29) is 29.0 Å². The molecule has 0 aromatic heterocycles. The molecule has 0 bridgehead atoms. The highest BCUT2D eigenvalue weighted by Crippen LogP contribution is 2.42. The van der Waals surface area contributed by atoms with Crippen molar-refractivity contribution in [2.45, 2.75) is 43.9 Å². The van der Waals surface area contributed by atoms with Crippen LogP contribution in [0.1, 0.15) is 53.4 Å². The van der Waals surface area contributed by atoms with E-state index >= 15 is 8.78 Å². The molecule has 0 unspecified atom stereocenters. The van der Waals surface area contributed by atoms with Gasteiger partial charge in [0.25, 0.3) is 0 Å². The average molecular weight is 438 g/mol. The van der Waals surface area contributed by atoms with Crippen molar-refractivity contribution in [1.29, 1.82) is 0 Å². The first-order chi connectivity index (χ1) is 15.5. The van der Waals surface area contributed by atoms with Gasteiger partial charge in [-0.25, -0.2) is 13.2 Å². The SMILES string of the molecule is Oc1cc2c(c(-c3c(F)cc(C4CCNCC4)cc3F)c1)C[C@@H](c1ccc(F)cc1)CC2. The van der Waals surface area contributed by atoms with E-state index in [1.165, 1.54) is 30.3 Å². The normalized spacial score (nSPS) is 19.0. The van der Waals surface area contributed by atoms with Crippen LogP contribution in [-0.2, 0) is 12.8 Å². The fraction of sp³-hybridized carbons (Fsp3) is 0.333. The number of nitrogens with one attached hydrogen (secondary N) is 1. The maximum atomic E-state index is 15.3. The monoisotopic (exact) mass is 437 g/mol. The van der Waals surface area contributed by atoms with Crippen LogP contribution in [0.3, 0.4) is 0 Å². The van der Waals surface area contributed by atoms with Gasteiger partial charge in [0.2, 0.25) is 0 Å².